The Morgan fingerprint density at radius 2 is 1.31 bits per heavy atom. The van der Waals surface area contributed by atoms with Gasteiger partial charge in [-0.3, -0.25) is 0 Å². The van der Waals surface area contributed by atoms with Crippen LogP contribution in [0.5, 0.6) is 0 Å². The van der Waals surface area contributed by atoms with Crippen molar-refractivity contribution in [2.24, 2.45) is 0 Å². The third-order valence-electron chi connectivity index (χ3n) is 3.66. The van der Waals surface area contributed by atoms with Gasteiger partial charge >= 0.3 is 155 Å². The average Bonchev–Trinajstić information content (AvgIpc) is 2.73. The molecule has 1 N–H and O–H groups in total. The number of carbonyl (C=O) groups excluding carboxylic acids is 1. The van der Waals surface area contributed by atoms with Crippen LogP contribution in [0, 0.1) is 0 Å². The van der Waals surface area contributed by atoms with Crippen LogP contribution in [0.2, 0.25) is 0 Å². The molecule has 3 aromatic rings. The van der Waals surface area contributed by atoms with Gasteiger partial charge in [-0.05, 0) is 0 Å². The van der Waals surface area contributed by atoms with Gasteiger partial charge in [-0.25, -0.2) is 0 Å². The summed E-state index contributed by atoms with van der Waals surface area (Å²) in [7, 11) is 0. The van der Waals surface area contributed by atoms with Crippen molar-refractivity contribution in [1.82, 2.24) is 0 Å². The molecule has 0 heterocycles. The van der Waals surface area contributed by atoms with Crippen LogP contribution < -0.4 is 4.46 Å². The summed E-state index contributed by atoms with van der Waals surface area (Å²) in [5.74, 6) is -3.13. The first-order valence-electron chi connectivity index (χ1n) is 7.82. The summed E-state index contributed by atoms with van der Waals surface area (Å²) in [5, 5.41) is 11.0. The number of rotatable bonds is 7. The standard InChI is InChI=1S/C20H16O5Se/c21-19(16-10-4-1-5-11-16)20(22,17-12-6-2-7-13-17)24-25-26(23)18-14-8-3-9-15-18/h1-15,22H. The van der Waals surface area contributed by atoms with E-state index in [1.165, 1.54) is 12.1 Å². The Morgan fingerprint density at radius 1 is 0.808 bits per heavy atom. The summed E-state index contributed by atoms with van der Waals surface area (Å²) in [6.45, 7) is 0. The predicted octanol–water partition coefficient (Wildman–Crippen LogP) is 2.49. The van der Waals surface area contributed by atoms with Gasteiger partial charge in [0.1, 0.15) is 0 Å². The monoisotopic (exact) mass is 416 g/mol. The van der Waals surface area contributed by atoms with Crippen molar-refractivity contribution in [3.05, 3.63) is 102 Å². The van der Waals surface area contributed by atoms with Gasteiger partial charge in [0, 0.05) is 0 Å². The first-order chi connectivity index (χ1) is 12.6. The number of benzene rings is 3. The van der Waals surface area contributed by atoms with Gasteiger partial charge in [0.05, 0.1) is 0 Å². The summed E-state index contributed by atoms with van der Waals surface area (Å²) in [5.41, 5.74) is 0.422. The van der Waals surface area contributed by atoms with Crippen molar-refractivity contribution in [3.63, 3.8) is 0 Å². The maximum atomic E-state index is 12.9. The minimum absolute atomic E-state index is 0.181. The fourth-order valence-electron chi connectivity index (χ4n) is 2.32. The van der Waals surface area contributed by atoms with Crippen LogP contribution in [0.15, 0.2) is 91.0 Å². The molecule has 5 nitrogen and oxygen atoms in total. The Labute approximate surface area is 155 Å². The third-order valence-corrected chi connectivity index (χ3v) is 5.44. The molecule has 0 aliphatic carbocycles. The van der Waals surface area contributed by atoms with E-state index in [1.807, 2.05) is 0 Å². The fourth-order valence-corrected chi connectivity index (χ4v) is 3.61. The molecular formula is C20H16O5Se. The fraction of sp³-hybridized carbons (Fsp3) is 0.0500. The molecule has 0 saturated carbocycles. The molecule has 0 amide bonds. The van der Waals surface area contributed by atoms with Gasteiger partial charge in [-0.1, -0.05) is 0 Å². The summed E-state index contributed by atoms with van der Waals surface area (Å²) in [4.78, 5) is 18.0. The van der Waals surface area contributed by atoms with Crippen LogP contribution in [0.3, 0.4) is 0 Å². The number of Topliss-reactive ketones (excluding diaryl/α,β-unsaturated/α-hetero) is 1. The SMILES string of the molecule is O=C(c1ccccc1)C(O)(OO[Se](=O)c1ccccc1)c1ccccc1. The summed E-state index contributed by atoms with van der Waals surface area (Å²) >= 11 is -3.05. The second kappa shape index (κ2) is 8.27. The normalized spacial score (nSPS) is 14.3. The van der Waals surface area contributed by atoms with Crippen LogP contribution in [0.1, 0.15) is 15.9 Å². The zero-order chi connectivity index (χ0) is 18.4. The van der Waals surface area contributed by atoms with Crippen molar-refractivity contribution in [2.45, 2.75) is 5.79 Å². The molecule has 132 valence electrons. The first-order valence-corrected chi connectivity index (χ1v) is 10.1. The number of hydrogen-bond donors (Lipinski definition) is 1. The number of ketones is 1. The molecule has 2 unspecified atom stereocenters. The molecule has 3 aromatic carbocycles. The van der Waals surface area contributed by atoms with Crippen LogP contribution in [0.4, 0.5) is 0 Å². The number of hydrogen-bond acceptors (Lipinski definition) is 5. The van der Waals surface area contributed by atoms with E-state index in [2.05, 4.69) is 0 Å². The molecule has 0 aliphatic heterocycles. The van der Waals surface area contributed by atoms with E-state index >= 15 is 0 Å². The minimum atomic E-state index is -3.05. The number of carbonyl (C=O) groups is 1. The quantitative estimate of drug-likeness (QED) is 0.211. The molecule has 0 saturated heterocycles. The van der Waals surface area contributed by atoms with Gasteiger partial charge in [-0.2, -0.15) is 0 Å². The van der Waals surface area contributed by atoms with Crippen molar-refractivity contribution >= 4 is 24.4 Å². The summed E-state index contributed by atoms with van der Waals surface area (Å²) in [6, 6.07) is 24.8. The maximum absolute atomic E-state index is 12.9. The van der Waals surface area contributed by atoms with Crippen LogP contribution >= 0.6 is 0 Å². The van der Waals surface area contributed by atoms with E-state index in [0.29, 0.717) is 4.46 Å². The molecule has 6 heteroatoms. The van der Waals surface area contributed by atoms with E-state index < -0.39 is 25.7 Å². The Balaban J connectivity index is 1.89. The zero-order valence-electron chi connectivity index (χ0n) is 13.6. The van der Waals surface area contributed by atoms with E-state index in [9.17, 15) is 13.7 Å². The van der Waals surface area contributed by atoms with Gasteiger partial charge in [0.25, 0.3) is 0 Å². The van der Waals surface area contributed by atoms with Gasteiger partial charge in [0.2, 0.25) is 0 Å². The Kier molecular flexibility index (Phi) is 5.83. The van der Waals surface area contributed by atoms with E-state index in [0.717, 1.165) is 0 Å². The Bertz CT molecular complexity index is 884. The van der Waals surface area contributed by atoms with Crippen molar-refractivity contribution in [2.75, 3.05) is 0 Å². The van der Waals surface area contributed by atoms with Crippen molar-refractivity contribution in [1.29, 1.82) is 0 Å². The molecule has 2 atom stereocenters. The molecule has 0 bridgehead atoms. The van der Waals surface area contributed by atoms with Crippen LogP contribution in [-0.2, 0) is 18.5 Å². The second-order valence-corrected chi connectivity index (χ2v) is 7.66. The van der Waals surface area contributed by atoms with E-state index in [-0.39, 0.29) is 11.1 Å². The summed E-state index contributed by atoms with van der Waals surface area (Å²) in [6.07, 6.45) is 0. The average molecular weight is 415 g/mol. The van der Waals surface area contributed by atoms with Gasteiger partial charge in [-0.15, -0.1) is 0 Å². The Hall–Kier alpha value is -2.47. The Morgan fingerprint density at radius 3 is 1.88 bits per heavy atom. The molecule has 0 aliphatic rings. The van der Waals surface area contributed by atoms with Crippen molar-refractivity contribution < 1.29 is 22.6 Å². The molecule has 0 aromatic heterocycles. The predicted molar refractivity (Wildman–Crippen MR) is 95.8 cm³/mol. The van der Waals surface area contributed by atoms with Crippen molar-refractivity contribution in [3.8, 4) is 0 Å². The molecule has 0 radical (unpaired) electrons. The molecular weight excluding hydrogens is 399 g/mol. The van der Waals surface area contributed by atoms with E-state index in [4.69, 9.17) is 8.86 Å². The molecule has 0 fully saturated rings. The van der Waals surface area contributed by atoms with E-state index in [1.54, 1.807) is 78.9 Å². The first kappa shape index (κ1) is 18.3. The number of aliphatic hydroxyl groups is 1. The van der Waals surface area contributed by atoms with Gasteiger partial charge in [0.15, 0.2) is 0 Å². The summed E-state index contributed by atoms with van der Waals surface area (Å²) < 4.78 is 17.7. The third kappa shape index (κ3) is 4.02. The van der Waals surface area contributed by atoms with Crippen LogP contribution in [-0.4, -0.2) is 25.1 Å². The van der Waals surface area contributed by atoms with Gasteiger partial charge < -0.3 is 0 Å². The molecule has 3 rings (SSSR count). The topological polar surface area (TPSA) is 72.8 Å². The zero-order valence-corrected chi connectivity index (χ0v) is 15.4. The molecule has 0 spiro atoms. The van der Waals surface area contributed by atoms with Crippen LogP contribution in [0.25, 0.3) is 0 Å². The second-order valence-electron chi connectivity index (χ2n) is 5.40. The molecule has 26 heavy (non-hydrogen) atoms.